The van der Waals surface area contributed by atoms with Gasteiger partial charge in [-0.05, 0) is 87.6 Å². The molecule has 4 saturated heterocycles. The van der Waals surface area contributed by atoms with Crippen LogP contribution in [0.1, 0.15) is 124 Å². The summed E-state index contributed by atoms with van der Waals surface area (Å²) in [6.45, 7) is 18.2. The van der Waals surface area contributed by atoms with Crippen LogP contribution in [0.3, 0.4) is 0 Å². The Hall–Kier alpha value is -7.62. The van der Waals surface area contributed by atoms with E-state index in [1.165, 1.54) is 22.3 Å². The molecule has 17 aliphatic heterocycles. The molecule has 28 bridgehead atoms. The Morgan fingerprint density at radius 3 is 0.696 bits per heavy atom. The second kappa shape index (κ2) is 19.0. The van der Waals surface area contributed by atoms with Crippen LogP contribution < -0.4 is 40.8 Å². The second-order valence-electron chi connectivity index (χ2n) is 29.1. The summed E-state index contributed by atoms with van der Waals surface area (Å²) in [4.78, 5) is 0. The van der Waals surface area contributed by atoms with Crippen molar-refractivity contribution in [1.29, 1.82) is 0 Å². The monoisotopic (exact) mass is 1220 g/mol. The van der Waals surface area contributed by atoms with Crippen molar-refractivity contribution in [2.75, 3.05) is 28.4 Å². The van der Waals surface area contributed by atoms with Gasteiger partial charge in [-0.1, -0.05) is 201 Å². The minimum Gasteiger partial charge on any atom is -0.496 e. The van der Waals surface area contributed by atoms with Gasteiger partial charge in [0.2, 0.25) is 0 Å². The molecule has 17 heterocycles. The lowest BCUT2D eigenvalue weighted by molar-refractivity contribution is 0.113. The largest absolute Gasteiger partial charge is 0.498 e. The molecular formula is C76H68B4O12. The first kappa shape index (κ1) is 56.0. The number of hydrogen-bond donors (Lipinski definition) is 0. The van der Waals surface area contributed by atoms with E-state index in [1.54, 1.807) is 28.4 Å². The molecule has 8 atom stereocenters. The number of fused-ring (bicyclic) bond motifs is 4. The van der Waals surface area contributed by atoms with E-state index in [4.69, 9.17) is 56.2 Å². The van der Waals surface area contributed by atoms with E-state index in [0.29, 0.717) is 23.0 Å². The Balaban J connectivity index is 0.831. The minimum absolute atomic E-state index is 0.334. The molecule has 4 fully saturated rings. The predicted octanol–water partition coefficient (Wildman–Crippen LogP) is 12.6. The van der Waals surface area contributed by atoms with Crippen LogP contribution in [-0.4, -0.2) is 81.3 Å². The zero-order chi connectivity index (χ0) is 62.5. The van der Waals surface area contributed by atoms with Crippen LogP contribution in [0.15, 0.2) is 146 Å². The van der Waals surface area contributed by atoms with E-state index in [0.717, 1.165) is 109 Å². The highest BCUT2D eigenvalue weighted by molar-refractivity contribution is 6.66. The lowest BCUT2D eigenvalue weighted by Gasteiger charge is -2.29. The van der Waals surface area contributed by atoms with Crippen LogP contribution >= 0.6 is 0 Å². The predicted molar refractivity (Wildman–Crippen MR) is 361 cm³/mol. The fraction of sp³-hybridized carbons (Fsp3) is 0.316. The summed E-state index contributed by atoms with van der Waals surface area (Å²) < 4.78 is 86.1. The van der Waals surface area contributed by atoms with Crippen molar-refractivity contribution in [3.8, 4) is 45.3 Å². The van der Waals surface area contributed by atoms with Crippen molar-refractivity contribution in [3.05, 3.63) is 190 Å². The van der Waals surface area contributed by atoms with Crippen LogP contribution in [0.4, 0.5) is 0 Å². The molecule has 0 unspecified atom stereocenters. The van der Waals surface area contributed by atoms with Gasteiger partial charge >= 0.3 is 28.5 Å². The van der Waals surface area contributed by atoms with Gasteiger partial charge in [0, 0.05) is 65.8 Å². The first-order valence-electron chi connectivity index (χ1n) is 32.4. The molecule has 0 spiro atoms. The average Bonchev–Trinajstić information content (AvgIpc) is 1.41. The van der Waals surface area contributed by atoms with Crippen molar-refractivity contribution in [3.63, 3.8) is 0 Å². The number of hydrogen-bond acceptors (Lipinski definition) is 12. The highest BCUT2D eigenvalue weighted by Crippen LogP contribution is 2.62. The summed E-state index contributed by atoms with van der Waals surface area (Å²) in [7, 11) is 3.84. The third kappa shape index (κ3) is 7.14. The molecule has 16 heteroatoms. The lowest BCUT2D eigenvalue weighted by Crippen LogP contribution is -2.39. The van der Waals surface area contributed by atoms with Gasteiger partial charge in [-0.2, -0.15) is 0 Å². The van der Waals surface area contributed by atoms with E-state index in [9.17, 15) is 0 Å². The minimum atomic E-state index is -0.783. The number of rotatable bonds is 4. The smallest absolute Gasteiger partial charge is 0.496 e. The molecule has 0 radical (unpaired) electrons. The molecule has 31 rings (SSSR count). The highest BCUT2D eigenvalue weighted by atomic mass is 16.7. The van der Waals surface area contributed by atoms with E-state index in [2.05, 4.69) is 201 Å². The van der Waals surface area contributed by atoms with E-state index < -0.39 is 50.1 Å². The quantitative estimate of drug-likeness (QED) is 0.156. The summed E-state index contributed by atoms with van der Waals surface area (Å²) in [5, 5.41) is 7.99. The van der Waals surface area contributed by atoms with Gasteiger partial charge in [-0.15, -0.1) is 0 Å². The zero-order valence-corrected chi connectivity index (χ0v) is 53.7. The zero-order valence-electron chi connectivity index (χ0n) is 53.7. The first-order valence-corrected chi connectivity index (χ1v) is 32.4. The van der Waals surface area contributed by atoms with Crippen LogP contribution in [0.5, 0.6) is 23.0 Å². The number of methoxy groups -OCH3 is 4. The molecule has 4 aliphatic carbocycles. The molecular weight excluding hydrogens is 1150 g/mol. The Morgan fingerprint density at radius 1 is 0.283 bits per heavy atom. The van der Waals surface area contributed by atoms with Gasteiger partial charge in [0.25, 0.3) is 0 Å². The Bertz CT molecular complexity index is 4320. The van der Waals surface area contributed by atoms with Crippen LogP contribution in [0.25, 0.3) is 65.3 Å². The number of ether oxygens (including phenoxy) is 4. The topological polar surface area (TPSA) is 111 Å². The molecule has 0 saturated carbocycles. The molecule has 0 aromatic heterocycles. The van der Waals surface area contributed by atoms with Crippen molar-refractivity contribution in [2.24, 2.45) is 0 Å². The standard InChI is InChI=1S/C76H68B4O12/c1-73(2)49-33-46-50-34-45(49)61-69(73)89-77(85-61)53-29-37-21-13-17-25-41(37)57(65(53)81-9)58-42-26-18-14-23-39(42)31-55(67(58)83-11)79-87-63-47-35-52-48(36-51(47)75(5,6)71(63)91-79)64-72(76(52,7)8)92-80(88-64)56-32-40-24-16-20-28-44(40)60(68(56)84-12)59-43-27-19-15-22-38(43)30-54(66(59)82-10)78-86-62(46)70(90-78)74(50,3)4/h13-36,61-64,69-72H,1-12H3/t61-,62-,63-,64-,69-,70-,71-,72-/m0/s1. The Labute approximate surface area is 536 Å². The molecule has 10 aromatic carbocycles. The van der Waals surface area contributed by atoms with Gasteiger partial charge in [0.15, 0.2) is 0 Å². The number of benzene rings is 10. The van der Waals surface area contributed by atoms with Crippen molar-refractivity contribution < 1.29 is 56.2 Å². The maximum Gasteiger partial charge on any atom is 0.498 e. The van der Waals surface area contributed by atoms with Gasteiger partial charge in [0.05, 0.1) is 77.3 Å². The van der Waals surface area contributed by atoms with E-state index in [1.807, 2.05) is 0 Å². The molecule has 21 aliphatic rings. The normalized spacial score (nSPS) is 25.5. The summed E-state index contributed by atoms with van der Waals surface area (Å²) in [6, 6.07) is 52.0. The van der Waals surface area contributed by atoms with Gasteiger partial charge < -0.3 is 56.2 Å². The van der Waals surface area contributed by atoms with Crippen LogP contribution in [0.2, 0.25) is 0 Å². The van der Waals surface area contributed by atoms with Crippen LogP contribution in [0, 0.1) is 0 Å². The molecule has 12 nitrogen and oxygen atoms in total. The van der Waals surface area contributed by atoms with Crippen molar-refractivity contribution >= 4 is 93.4 Å². The third-order valence-corrected chi connectivity index (χ3v) is 23.0. The van der Waals surface area contributed by atoms with E-state index in [-0.39, 0.29) is 48.8 Å². The Kier molecular flexibility index (Phi) is 11.6. The first-order chi connectivity index (χ1) is 44.4. The second-order valence-corrected chi connectivity index (χ2v) is 29.1. The molecule has 10 aromatic rings. The molecule has 0 N–H and O–H groups in total. The maximum atomic E-state index is 7.40. The molecule has 0 amide bonds. The van der Waals surface area contributed by atoms with Gasteiger partial charge in [0.1, 0.15) is 23.0 Å². The maximum absolute atomic E-state index is 7.40. The summed E-state index contributed by atoms with van der Waals surface area (Å²) in [5.74, 6) is 2.56. The summed E-state index contributed by atoms with van der Waals surface area (Å²) in [5.41, 5.74) is 13.8. The van der Waals surface area contributed by atoms with E-state index >= 15 is 0 Å². The fourth-order valence-corrected chi connectivity index (χ4v) is 18.5. The SMILES string of the molecule is COc1c2cc3ccccc3c1-c1c(OC)c(cc3ccccc13)B1O[C@H]3c4cc5c(cc4C(C)(C)[C@H]3O1)[C@@H]1OB(O[C@@H]1C5(C)C)c1cc3ccccc3c(c1OC)-c1c(OC)c(cc3ccccc13)B1O[C@H]3c4cc5c(cc4C(C)(C)[C@H]3O1)[C@@H]1OB2O[C@@H]1C5(C)C. The van der Waals surface area contributed by atoms with Crippen LogP contribution in [-0.2, 0) is 58.9 Å². The van der Waals surface area contributed by atoms with Gasteiger partial charge in [-0.25, -0.2) is 0 Å². The summed E-state index contributed by atoms with van der Waals surface area (Å²) in [6.07, 6.45) is -2.88. The van der Waals surface area contributed by atoms with Crippen molar-refractivity contribution in [1.82, 2.24) is 0 Å². The summed E-state index contributed by atoms with van der Waals surface area (Å²) >= 11 is 0. The lowest BCUT2D eigenvalue weighted by atomic mass is 9.72. The molecule has 456 valence electrons. The average molecular weight is 1220 g/mol. The molecule has 92 heavy (non-hydrogen) atoms. The highest BCUT2D eigenvalue weighted by Gasteiger charge is 2.63. The third-order valence-electron chi connectivity index (χ3n) is 23.0. The Morgan fingerprint density at radius 2 is 0.489 bits per heavy atom. The van der Waals surface area contributed by atoms with Crippen molar-refractivity contribution in [2.45, 2.75) is 126 Å². The fourth-order valence-electron chi connectivity index (χ4n) is 18.5. The van der Waals surface area contributed by atoms with Gasteiger partial charge in [-0.3, -0.25) is 0 Å².